The van der Waals surface area contributed by atoms with E-state index in [1.165, 1.54) is 0 Å². The molecular weight excluding hydrogens is 208 g/mol. The molecule has 0 spiro atoms. The maximum absolute atomic E-state index is 11.9. The van der Waals surface area contributed by atoms with Crippen molar-refractivity contribution in [2.45, 2.75) is 33.1 Å². The summed E-state index contributed by atoms with van der Waals surface area (Å²) in [4.78, 5) is 23.7. The van der Waals surface area contributed by atoms with Gasteiger partial charge >= 0.3 is 0 Å². The van der Waals surface area contributed by atoms with Gasteiger partial charge in [-0.25, -0.2) is 0 Å². The zero-order chi connectivity index (χ0) is 11.4. The first-order chi connectivity index (χ1) is 7.07. The molecule has 0 N–H and O–H groups in total. The van der Waals surface area contributed by atoms with E-state index in [1.54, 1.807) is 11.8 Å². The molecule has 0 aromatic carbocycles. The summed E-state index contributed by atoms with van der Waals surface area (Å²) in [5.74, 6) is 1.23. The summed E-state index contributed by atoms with van der Waals surface area (Å²) in [7, 11) is 0. The van der Waals surface area contributed by atoms with Gasteiger partial charge in [-0.2, -0.15) is 11.8 Å². The molecule has 3 heteroatoms. The molecule has 0 aliphatic heterocycles. The van der Waals surface area contributed by atoms with Crippen LogP contribution >= 0.6 is 11.8 Å². The monoisotopic (exact) mass is 228 g/mol. The number of ketones is 2. The number of hydrogen-bond acceptors (Lipinski definition) is 3. The first-order valence-electron chi connectivity index (χ1n) is 5.63. The smallest absolute Gasteiger partial charge is 0.146 e. The number of thioether (sulfide) groups is 1. The average molecular weight is 228 g/mol. The maximum atomic E-state index is 11.9. The number of Topliss-reactive ketones (excluding diaryl/α,β-unsaturated/α-hetero) is 2. The van der Waals surface area contributed by atoms with Crippen LogP contribution < -0.4 is 0 Å². The van der Waals surface area contributed by atoms with Gasteiger partial charge in [0, 0.05) is 17.8 Å². The molecule has 0 heterocycles. The second kappa shape index (κ2) is 5.69. The molecular formula is C12H20O2S. The van der Waals surface area contributed by atoms with Gasteiger partial charge in [-0.15, -0.1) is 0 Å². The van der Waals surface area contributed by atoms with Crippen LogP contribution in [0.2, 0.25) is 0 Å². The van der Waals surface area contributed by atoms with Crippen molar-refractivity contribution in [3.05, 3.63) is 0 Å². The predicted octanol–water partition coefficient (Wildman–Crippen LogP) is 2.56. The molecule has 0 amide bonds. The summed E-state index contributed by atoms with van der Waals surface area (Å²) >= 11 is 1.56. The van der Waals surface area contributed by atoms with Crippen LogP contribution in [0.5, 0.6) is 0 Å². The van der Waals surface area contributed by atoms with Gasteiger partial charge < -0.3 is 0 Å². The summed E-state index contributed by atoms with van der Waals surface area (Å²) in [5, 5.41) is 0. The lowest BCUT2D eigenvalue weighted by Crippen LogP contribution is -2.29. The van der Waals surface area contributed by atoms with Gasteiger partial charge in [0.05, 0.1) is 5.75 Å². The topological polar surface area (TPSA) is 34.1 Å². The van der Waals surface area contributed by atoms with Crippen LogP contribution in [0.1, 0.15) is 33.1 Å². The summed E-state index contributed by atoms with van der Waals surface area (Å²) in [6, 6.07) is 0. The number of carbonyl (C=O) groups is 2. The van der Waals surface area contributed by atoms with Gasteiger partial charge in [0.25, 0.3) is 0 Å². The molecule has 1 saturated carbocycles. The van der Waals surface area contributed by atoms with Crippen LogP contribution in [0.25, 0.3) is 0 Å². The average Bonchev–Trinajstić information content (AvgIpc) is 2.65. The fourth-order valence-electron chi connectivity index (χ4n) is 2.36. The lowest BCUT2D eigenvalue weighted by Gasteiger charge is -2.18. The molecule has 0 saturated heterocycles. The van der Waals surface area contributed by atoms with E-state index in [0.717, 1.165) is 19.3 Å². The molecule has 1 rings (SSSR count). The van der Waals surface area contributed by atoms with Crippen LogP contribution in [-0.4, -0.2) is 23.6 Å². The first kappa shape index (κ1) is 12.8. The van der Waals surface area contributed by atoms with E-state index in [4.69, 9.17) is 0 Å². The normalized spacial score (nSPS) is 25.9. The molecule has 1 fully saturated rings. The van der Waals surface area contributed by atoms with E-state index in [1.807, 2.05) is 20.1 Å². The fourth-order valence-corrected chi connectivity index (χ4v) is 2.86. The third-order valence-electron chi connectivity index (χ3n) is 3.15. The lowest BCUT2D eigenvalue weighted by molar-refractivity contribution is -0.131. The summed E-state index contributed by atoms with van der Waals surface area (Å²) in [5.41, 5.74) is 0. The molecule has 2 atom stereocenters. The Morgan fingerprint density at radius 1 is 1.27 bits per heavy atom. The SMILES string of the molecule is CSCC(=O)C1CCCC1C(=O)C(C)C. The molecule has 86 valence electrons. The zero-order valence-electron chi connectivity index (χ0n) is 9.79. The highest BCUT2D eigenvalue weighted by Crippen LogP contribution is 2.35. The van der Waals surface area contributed by atoms with Crippen molar-refractivity contribution in [1.29, 1.82) is 0 Å². The Hall–Kier alpha value is -0.310. The summed E-state index contributed by atoms with van der Waals surface area (Å²) in [6.45, 7) is 3.85. The summed E-state index contributed by atoms with van der Waals surface area (Å²) < 4.78 is 0. The van der Waals surface area contributed by atoms with E-state index < -0.39 is 0 Å². The van der Waals surface area contributed by atoms with Gasteiger partial charge in [0.2, 0.25) is 0 Å². The number of carbonyl (C=O) groups excluding carboxylic acids is 2. The van der Waals surface area contributed by atoms with Gasteiger partial charge in [0.1, 0.15) is 11.6 Å². The quantitative estimate of drug-likeness (QED) is 0.725. The Kier molecular flexibility index (Phi) is 4.84. The molecule has 2 unspecified atom stereocenters. The van der Waals surface area contributed by atoms with Crippen molar-refractivity contribution in [3.8, 4) is 0 Å². The molecule has 0 radical (unpaired) electrons. The number of hydrogen-bond donors (Lipinski definition) is 0. The van der Waals surface area contributed by atoms with Gasteiger partial charge in [-0.05, 0) is 19.1 Å². The Balaban J connectivity index is 2.64. The molecule has 15 heavy (non-hydrogen) atoms. The van der Waals surface area contributed by atoms with E-state index >= 15 is 0 Å². The Morgan fingerprint density at radius 3 is 2.40 bits per heavy atom. The Labute approximate surface area is 96.2 Å². The molecule has 1 aliphatic rings. The molecule has 0 aromatic heterocycles. The fraction of sp³-hybridized carbons (Fsp3) is 0.833. The maximum Gasteiger partial charge on any atom is 0.146 e. The zero-order valence-corrected chi connectivity index (χ0v) is 10.6. The van der Waals surface area contributed by atoms with Gasteiger partial charge in [-0.3, -0.25) is 9.59 Å². The third-order valence-corrected chi connectivity index (χ3v) is 3.72. The van der Waals surface area contributed by atoms with E-state index in [-0.39, 0.29) is 29.3 Å². The van der Waals surface area contributed by atoms with Gasteiger partial charge in [0.15, 0.2) is 0 Å². The third kappa shape index (κ3) is 3.07. The second-order valence-corrected chi connectivity index (χ2v) is 5.47. The summed E-state index contributed by atoms with van der Waals surface area (Å²) in [6.07, 6.45) is 4.81. The highest BCUT2D eigenvalue weighted by atomic mass is 32.2. The second-order valence-electron chi connectivity index (χ2n) is 4.60. The van der Waals surface area contributed by atoms with Crippen LogP contribution in [0, 0.1) is 17.8 Å². The van der Waals surface area contributed by atoms with Crippen molar-refractivity contribution in [2.75, 3.05) is 12.0 Å². The van der Waals surface area contributed by atoms with E-state index in [0.29, 0.717) is 5.75 Å². The highest BCUT2D eigenvalue weighted by molar-refractivity contribution is 7.99. The van der Waals surface area contributed by atoms with Crippen molar-refractivity contribution in [1.82, 2.24) is 0 Å². The van der Waals surface area contributed by atoms with Crippen molar-refractivity contribution >= 4 is 23.3 Å². The van der Waals surface area contributed by atoms with Crippen molar-refractivity contribution in [3.63, 3.8) is 0 Å². The largest absolute Gasteiger partial charge is 0.299 e. The van der Waals surface area contributed by atoms with Crippen LogP contribution in [-0.2, 0) is 9.59 Å². The Morgan fingerprint density at radius 2 is 1.87 bits per heavy atom. The lowest BCUT2D eigenvalue weighted by atomic mass is 9.85. The molecule has 0 bridgehead atoms. The van der Waals surface area contributed by atoms with E-state index in [9.17, 15) is 9.59 Å². The Bertz CT molecular complexity index is 248. The predicted molar refractivity (Wildman–Crippen MR) is 64.1 cm³/mol. The highest BCUT2D eigenvalue weighted by Gasteiger charge is 2.37. The van der Waals surface area contributed by atoms with E-state index in [2.05, 4.69) is 0 Å². The first-order valence-corrected chi connectivity index (χ1v) is 7.02. The molecule has 0 aromatic rings. The van der Waals surface area contributed by atoms with Crippen LogP contribution in [0.15, 0.2) is 0 Å². The minimum absolute atomic E-state index is 0.0182. The van der Waals surface area contributed by atoms with Gasteiger partial charge in [-0.1, -0.05) is 20.3 Å². The number of rotatable bonds is 5. The minimum atomic E-state index is 0.0182. The van der Waals surface area contributed by atoms with Crippen LogP contribution in [0.3, 0.4) is 0 Å². The van der Waals surface area contributed by atoms with Crippen LogP contribution in [0.4, 0.5) is 0 Å². The molecule has 2 nitrogen and oxygen atoms in total. The standard InChI is InChI=1S/C12H20O2S/c1-8(2)12(14)10-6-4-5-9(10)11(13)7-15-3/h8-10H,4-7H2,1-3H3. The molecule has 1 aliphatic carbocycles. The minimum Gasteiger partial charge on any atom is -0.299 e. The van der Waals surface area contributed by atoms with Crippen molar-refractivity contribution in [2.24, 2.45) is 17.8 Å². The van der Waals surface area contributed by atoms with Crippen molar-refractivity contribution < 1.29 is 9.59 Å².